The summed E-state index contributed by atoms with van der Waals surface area (Å²) in [5.74, 6) is -1.15. The summed E-state index contributed by atoms with van der Waals surface area (Å²) in [4.78, 5) is 36.6. The zero-order valence-corrected chi connectivity index (χ0v) is 10.7. The van der Waals surface area contributed by atoms with Gasteiger partial charge in [0.2, 0.25) is 11.8 Å². The SMILES string of the molecule is O=C1CN(C(=O)c2cc3ccccc3s2)CC(=O)N1. The van der Waals surface area contributed by atoms with Crippen LogP contribution in [-0.4, -0.2) is 35.7 Å². The highest BCUT2D eigenvalue weighted by molar-refractivity contribution is 7.20. The molecule has 3 rings (SSSR count). The molecule has 1 aromatic carbocycles. The lowest BCUT2D eigenvalue weighted by molar-refractivity contribution is -0.135. The normalized spacial score (nSPS) is 15.7. The highest BCUT2D eigenvalue weighted by Gasteiger charge is 2.27. The molecule has 19 heavy (non-hydrogen) atoms. The average Bonchev–Trinajstić information content (AvgIpc) is 2.80. The summed E-state index contributed by atoms with van der Waals surface area (Å²) in [5, 5.41) is 3.16. The Morgan fingerprint density at radius 2 is 1.84 bits per heavy atom. The van der Waals surface area contributed by atoms with Crippen molar-refractivity contribution in [3.63, 3.8) is 0 Å². The fourth-order valence-electron chi connectivity index (χ4n) is 2.02. The first-order chi connectivity index (χ1) is 9.13. The van der Waals surface area contributed by atoms with Gasteiger partial charge in [-0.1, -0.05) is 18.2 Å². The number of carbonyl (C=O) groups is 3. The summed E-state index contributed by atoms with van der Waals surface area (Å²) in [6.45, 7) is -0.141. The number of amides is 3. The first-order valence-corrected chi connectivity index (χ1v) is 6.55. The van der Waals surface area contributed by atoms with Crippen LogP contribution in [0.3, 0.4) is 0 Å². The number of nitrogens with one attached hydrogen (secondary N) is 1. The summed E-state index contributed by atoms with van der Waals surface area (Å²) in [6, 6.07) is 9.47. The molecule has 0 saturated carbocycles. The zero-order valence-electron chi connectivity index (χ0n) is 9.88. The van der Waals surface area contributed by atoms with E-state index in [1.807, 2.05) is 24.3 Å². The third-order valence-corrected chi connectivity index (χ3v) is 3.98. The van der Waals surface area contributed by atoms with Crippen LogP contribution >= 0.6 is 11.3 Å². The van der Waals surface area contributed by atoms with Crippen LogP contribution in [0.2, 0.25) is 0 Å². The number of fused-ring (bicyclic) bond motifs is 1. The molecular formula is C13H10N2O3S. The molecule has 0 bridgehead atoms. The molecule has 5 nitrogen and oxygen atoms in total. The maximum Gasteiger partial charge on any atom is 0.264 e. The first kappa shape index (κ1) is 11.9. The molecule has 0 spiro atoms. The number of nitrogens with zero attached hydrogens (tertiary/aromatic N) is 1. The molecule has 1 fully saturated rings. The van der Waals surface area contributed by atoms with Gasteiger partial charge in [0.15, 0.2) is 0 Å². The monoisotopic (exact) mass is 274 g/mol. The van der Waals surface area contributed by atoms with E-state index in [4.69, 9.17) is 0 Å². The van der Waals surface area contributed by atoms with Crippen molar-refractivity contribution in [2.24, 2.45) is 0 Å². The number of benzene rings is 1. The third kappa shape index (κ3) is 2.22. The van der Waals surface area contributed by atoms with Crippen molar-refractivity contribution in [1.29, 1.82) is 0 Å². The minimum atomic E-state index is -0.439. The van der Waals surface area contributed by atoms with Gasteiger partial charge in [0.05, 0.1) is 4.88 Å². The van der Waals surface area contributed by atoms with Crippen molar-refractivity contribution in [2.75, 3.05) is 13.1 Å². The molecule has 2 aromatic rings. The lowest BCUT2D eigenvalue weighted by Gasteiger charge is -2.24. The van der Waals surface area contributed by atoms with E-state index >= 15 is 0 Å². The van der Waals surface area contributed by atoms with E-state index < -0.39 is 11.8 Å². The van der Waals surface area contributed by atoms with Gasteiger partial charge in [0.1, 0.15) is 13.1 Å². The molecule has 0 aliphatic carbocycles. The number of imide groups is 1. The Kier molecular flexibility index (Phi) is 2.79. The van der Waals surface area contributed by atoms with Gasteiger partial charge in [-0.05, 0) is 17.5 Å². The van der Waals surface area contributed by atoms with Crippen LogP contribution in [0, 0.1) is 0 Å². The average molecular weight is 274 g/mol. The number of thiophene rings is 1. The summed E-state index contributed by atoms with van der Waals surface area (Å²) in [5.41, 5.74) is 0. The van der Waals surface area contributed by atoms with E-state index in [9.17, 15) is 14.4 Å². The molecule has 3 amide bonds. The van der Waals surface area contributed by atoms with Gasteiger partial charge in [-0.3, -0.25) is 19.7 Å². The molecule has 1 saturated heterocycles. The molecule has 1 aromatic heterocycles. The molecule has 2 heterocycles. The number of hydrogen-bond donors (Lipinski definition) is 1. The Labute approximate surface area is 112 Å². The number of rotatable bonds is 1. The molecule has 6 heteroatoms. The van der Waals surface area contributed by atoms with Crippen LogP contribution in [0.1, 0.15) is 9.67 Å². The largest absolute Gasteiger partial charge is 0.319 e. The summed E-state index contributed by atoms with van der Waals surface area (Å²) >= 11 is 1.37. The van der Waals surface area contributed by atoms with E-state index in [2.05, 4.69) is 5.32 Å². The van der Waals surface area contributed by atoms with Crippen molar-refractivity contribution >= 4 is 39.1 Å². The van der Waals surface area contributed by atoms with Crippen LogP contribution in [0.4, 0.5) is 0 Å². The highest BCUT2D eigenvalue weighted by atomic mass is 32.1. The van der Waals surface area contributed by atoms with Crippen LogP contribution in [0.25, 0.3) is 10.1 Å². The second kappa shape index (κ2) is 4.47. The molecule has 0 radical (unpaired) electrons. The Morgan fingerprint density at radius 3 is 2.53 bits per heavy atom. The summed E-state index contributed by atoms with van der Waals surface area (Å²) in [6.07, 6.45) is 0. The predicted molar refractivity (Wildman–Crippen MR) is 70.9 cm³/mol. The molecule has 0 atom stereocenters. The molecule has 0 unspecified atom stereocenters. The van der Waals surface area contributed by atoms with Crippen molar-refractivity contribution < 1.29 is 14.4 Å². The molecule has 1 aliphatic rings. The number of piperazine rings is 1. The topological polar surface area (TPSA) is 66.5 Å². The van der Waals surface area contributed by atoms with Gasteiger partial charge in [0.25, 0.3) is 5.91 Å². The van der Waals surface area contributed by atoms with Gasteiger partial charge in [0, 0.05) is 4.70 Å². The van der Waals surface area contributed by atoms with Gasteiger partial charge in [-0.15, -0.1) is 11.3 Å². The van der Waals surface area contributed by atoms with E-state index in [1.165, 1.54) is 16.2 Å². The van der Waals surface area contributed by atoms with Crippen molar-refractivity contribution in [3.05, 3.63) is 35.2 Å². The van der Waals surface area contributed by atoms with E-state index in [0.717, 1.165) is 10.1 Å². The predicted octanol–water partition coefficient (Wildman–Crippen LogP) is 1.000. The van der Waals surface area contributed by atoms with E-state index in [0.29, 0.717) is 4.88 Å². The summed E-state index contributed by atoms with van der Waals surface area (Å²) < 4.78 is 1.01. The maximum absolute atomic E-state index is 12.3. The van der Waals surface area contributed by atoms with Crippen molar-refractivity contribution in [2.45, 2.75) is 0 Å². The van der Waals surface area contributed by atoms with Gasteiger partial charge in [-0.2, -0.15) is 0 Å². The smallest absolute Gasteiger partial charge is 0.264 e. The van der Waals surface area contributed by atoms with Crippen LogP contribution in [-0.2, 0) is 9.59 Å². The zero-order chi connectivity index (χ0) is 13.4. The van der Waals surface area contributed by atoms with Gasteiger partial charge < -0.3 is 4.90 Å². The quantitative estimate of drug-likeness (QED) is 0.789. The summed E-state index contributed by atoms with van der Waals surface area (Å²) in [7, 11) is 0. The second-order valence-corrected chi connectivity index (χ2v) is 5.36. The minimum absolute atomic E-state index is 0.0706. The third-order valence-electron chi connectivity index (χ3n) is 2.87. The lowest BCUT2D eigenvalue weighted by Crippen LogP contribution is -2.53. The second-order valence-electron chi connectivity index (χ2n) is 4.28. The van der Waals surface area contributed by atoms with Gasteiger partial charge >= 0.3 is 0 Å². The number of hydrogen-bond acceptors (Lipinski definition) is 4. The first-order valence-electron chi connectivity index (χ1n) is 5.74. The van der Waals surface area contributed by atoms with Gasteiger partial charge in [-0.25, -0.2) is 0 Å². The molecule has 96 valence electrons. The fourth-order valence-corrected chi connectivity index (χ4v) is 3.05. The molecular weight excluding hydrogens is 264 g/mol. The van der Waals surface area contributed by atoms with E-state index in [1.54, 1.807) is 6.07 Å². The Balaban J connectivity index is 1.90. The maximum atomic E-state index is 12.3. The van der Waals surface area contributed by atoms with Crippen LogP contribution in [0.15, 0.2) is 30.3 Å². The van der Waals surface area contributed by atoms with Crippen LogP contribution in [0.5, 0.6) is 0 Å². The minimum Gasteiger partial charge on any atom is -0.319 e. The Hall–Kier alpha value is -2.21. The fraction of sp³-hybridized carbons (Fsp3) is 0.154. The van der Waals surface area contributed by atoms with Crippen LogP contribution < -0.4 is 5.32 Å². The number of carbonyl (C=O) groups excluding carboxylic acids is 3. The molecule has 1 aliphatic heterocycles. The van der Waals surface area contributed by atoms with Crippen molar-refractivity contribution in [3.8, 4) is 0 Å². The Bertz CT molecular complexity index is 643. The highest BCUT2D eigenvalue weighted by Crippen LogP contribution is 2.26. The van der Waals surface area contributed by atoms with Crippen molar-refractivity contribution in [1.82, 2.24) is 10.2 Å². The lowest BCUT2D eigenvalue weighted by atomic mass is 10.2. The standard InChI is InChI=1S/C13H10N2O3S/c16-11-6-15(7-12(17)14-11)13(18)10-5-8-3-1-2-4-9(8)19-10/h1-5H,6-7H2,(H,14,16,17). The van der Waals surface area contributed by atoms with E-state index in [-0.39, 0.29) is 19.0 Å². The molecule has 1 N–H and O–H groups in total. The Morgan fingerprint density at radius 1 is 1.16 bits per heavy atom.